The van der Waals surface area contributed by atoms with Gasteiger partial charge in [0.1, 0.15) is 4.88 Å². The van der Waals surface area contributed by atoms with E-state index in [2.05, 4.69) is 26.1 Å². The third-order valence-electron chi connectivity index (χ3n) is 1.25. The zero-order valence-corrected chi connectivity index (χ0v) is 8.22. The molecule has 0 radical (unpaired) electrons. The third-order valence-corrected chi connectivity index (χ3v) is 3.08. The zero-order valence-electron chi connectivity index (χ0n) is 5.82. The van der Waals surface area contributed by atoms with Crippen LogP contribution in [0.3, 0.4) is 0 Å². The lowest BCUT2D eigenvalue weighted by molar-refractivity contribution is 0.434. The number of halogens is 1. The summed E-state index contributed by atoms with van der Waals surface area (Å²) in [5, 5.41) is 5.42. The number of hydrogen-bond acceptors (Lipinski definition) is 5. The first kappa shape index (κ1) is 7.75. The van der Waals surface area contributed by atoms with E-state index in [1.807, 2.05) is 11.4 Å². The number of rotatable bonds is 1. The minimum absolute atomic E-state index is 0.158. The van der Waals surface area contributed by atoms with Crippen LogP contribution in [0.25, 0.3) is 10.8 Å². The molecule has 2 heterocycles. The van der Waals surface area contributed by atoms with E-state index in [0.717, 1.165) is 9.35 Å². The number of nitrogen functional groups attached to an aromatic ring is 1. The number of aromatic nitrogens is 2. The summed E-state index contributed by atoms with van der Waals surface area (Å²) in [5.41, 5.74) is 5.31. The molecule has 2 N–H and O–H groups in total. The molecular formula is C6H4BrN3OS. The van der Waals surface area contributed by atoms with E-state index in [4.69, 9.17) is 10.3 Å². The first-order valence-electron chi connectivity index (χ1n) is 3.10. The monoisotopic (exact) mass is 245 g/mol. The SMILES string of the molecule is Nc1noc(-c2sccc2Br)n1. The van der Waals surface area contributed by atoms with Crippen molar-refractivity contribution in [3.05, 3.63) is 15.9 Å². The molecule has 0 aromatic carbocycles. The zero-order chi connectivity index (χ0) is 8.55. The second-order valence-corrected chi connectivity index (χ2v) is 3.83. The van der Waals surface area contributed by atoms with Gasteiger partial charge in [-0.25, -0.2) is 0 Å². The van der Waals surface area contributed by atoms with E-state index in [1.165, 1.54) is 11.3 Å². The van der Waals surface area contributed by atoms with E-state index in [1.54, 1.807) is 0 Å². The molecule has 0 aliphatic heterocycles. The number of nitrogens with zero attached hydrogens (tertiary/aromatic N) is 2. The first-order valence-corrected chi connectivity index (χ1v) is 4.77. The maximum atomic E-state index is 5.31. The standard InChI is InChI=1S/C6H4BrN3OS/c7-3-1-2-12-4(3)5-9-6(8)10-11-5/h1-2H,(H2,8,10). The van der Waals surface area contributed by atoms with Crippen LogP contribution in [0.15, 0.2) is 20.4 Å². The van der Waals surface area contributed by atoms with Crippen LogP contribution in [0.5, 0.6) is 0 Å². The summed E-state index contributed by atoms with van der Waals surface area (Å²) in [6, 6.07) is 1.92. The van der Waals surface area contributed by atoms with Gasteiger partial charge >= 0.3 is 0 Å². The Bertz CT molecular complexity index is 397. The topological polar surface area (TPSA) is 64.9 Å². The van der Waals surface area contributed by atoms with Crippen molar-refractivity contribution in [2.75, 3.05) is 5.73 Å². The second-order valence-electron chi connectivity index (χ2n) is 2.06. The molecule has 0 fully saturated rings. The van der Waals surface area contributed by atoms with E-state index in [9.17, 15) is 0 Å². The Morgan fingerprint density at radius 1 is 1.58 bits per heavy atom. The number of anilines is 1. The predicted octanol–water partition coefficient (Wildman–Crippen LogP) is 2.14. The van der Waals surface area contributed by atoms with Gasteiger partial charge in [0.15, 0.2) is 0 Å². The minimum atomic E-state index is 0.158. The highest BCUT2D eigenvalue weighted by molar-refractivity contribution is 9.10. The molecule has 4 nitrogen and oxygen atoms in total. The normalized spacial score (nSPS) is 10.4. The fraction of sp³-hybridized carbons (Fsp3) is 0. The summed E-state index contributed by atoms with van der Waals surface area (Å²) in [6.07, 6.45) is 0. The number of nitrogens with two attached hydrogens (primary N) is 1. The van der Waals surface area contributed by atoms with Crippen LogP contribution in [0.2, 0.25) is 0 Å². The van der Waals surface area contributed by atoms with Gasteiger partial charge in [0, 0.05) is 4.47 Å². The van der Waals surface area contributed by atoms with Crippen LogP contribution in [-0.4, -0.2) is 10.1 Å². The molecule has 62 valence electrons. The summed E-state index contributed by atoms with van der Waals surface area (Å²) in [6.45, 7) is 0. The maximum Gasteiger partial charge on any atom is 0.270 e. The first-order chi connectivity index (χ1) is 5.77. The smallest absolute Gasteiger partial charge is 0.270 e. The molecule has 2 rings (SSSR count). The fourth-order valence-electron chi connectivity index (χ4n) is 0.773. The Morgan fingerprint density at radius 3 is 2.92 bits per heavy atom. The summed E-state index contributed by atoms with van der Waals surface area (Å²) in [7, 11) is 0. The predicted molar refractivity (Wildman–Crippen MR) is 49.7 cm³/mol. The molecule has 0 saturated carbocycles. The lowest BCUT2D eigenvalue weighted by Gasteiger charge is -1.86. The molecule has 0 spiro atoms. The molecule has 2 aromatic rings. The van der Waals surface area contributed by atoms with Gasteiger partial charge in [-0.3, -0.25) is 0 Å². The molecule has 0 amide bonds. The van der Waals surface area contributed by atoms with Crippen molar-refractivity contribution >= 4 is 33.2 Å². The summed E-state index contributed by atoms with van der Waals surface area (Å²) >= 11 is 4.87. The van der Waals surface area contributed by atoms with Crippen LogP contribution < -0.4 is 5.73 Å². The molecule has 0 atom stereocenters. The summed E-state index contributed by atoms with van der Waals surface area (Å²) < 4.78 is 5.82. The third kappa shape index (κ3) is 1.23. The van der Waals surface area contributed by atoms with Crippen LogP contribution in [0.4, 0.5) is 5.95 Å². The van der Waals surface area contributed by atoms with Gasteiger partial charge in [-0.2, -0.15) is 4.98 Å². The van der Waals surface area contributed by atoms with Gasteiger partial charge in [-0.1, -0.05) is 0 Å². The Kier molecular flexibility index (Phi) is 1.86. The molecule has 0 aliphatic rings. The second kappa shape index (κ2) is 2.87. The lowest BCUT2D eigenvalue weighted by Crippen LogP contribution is -1.84. The van der Waals surface area contributed by atoms with Gasteiger partial charge in [-0.05, 0) is 32.5 Å². The minimum Gasteiger partial charge on any atom is -0.365 e. The van der Waals surface area contributed by atoms with Gasteiger partial charge in [0.05, 0.1) is 0 Å². The van der Waals surface area contributed by atoms with Gasteiger partial charge < -0.3 is 10.3 Å². The molecule has 6 heteroatoms. The fourth-order valence-corrected chi connectivity index (χ4v) is 2.24. The van der Waals surface area contributed by atoms with E-state index in [0.29, 0.717) is 5.89 Å². The van der Waals surface area contributed by atoms with Crippen molar-refractivity contribution in [3.63, 3.8) is 0 Å². The van der Waals surface area contributed by atoms with Crippen molar-refractivity contribution < 1.29 is 4.52 Å². The largest absolute Gasteiger partial charge is 0.365 e. The average molecular weight is 246 g/mol. The van der Waals surface area contributed by atoms with E-state index < -0.39 is 0 Å². The van der Waals surface area contributed by atoms with Crippen molar-refractivity contribution in [1.82, 2.24) is 10.1 Å². The Labute approximate surface area is 80.5 Å². The van der Waals surface area contributed by atoms with Crippen LogP contribution >= 0.6 is 27.3 Å². The molecule has 12 heavy (non-hydrogen) atoms. The molecular weight excluding hydrogens is 242 g/mol. The lowest BCUT2D eigenvalue weighted by atomic mass is 10.5. The highest BCUT2D eigenvalue weighted by atomic mass is 79.9. The molecule has 0 aliphatic carbocycles. The van der Waals surface area contributed by atoms with Crippen molar-refractivity contribution in [3.8, 4) is 10.8 Å². The Balaban J connectivity index is 2.50. The van der Waals surface area contributed by atoms with Gasteiger partial charge in [0.2, 0.25) is 0 Å². The number of hydrogen-bond donors (Lipinski definition) is 1. The Hall–Kier alpha value is -0.880. The maximum absolute atomic E-state index is 5.31. The summed E-state index contributed by atoms with van der Waals surface area (Å²) in [5.74, 6) is 0.611. The van der Waals surface area contributed by atoms with Crippen LogP contribution in [0, 0.1) is 0 Å². The van der Waals surface area contributed by atoms with E-state index >= 15 is 0 Å². The summed E-state index contributed by atoms with van der Waals surface area (Å²) in [4.78, 5) is 4.80. The quantitative estimate of drug-likeness (QED) is 0.837. The Morgan fingerprint density at radius 2 is 2.42 bits per heavy atom. The van der Waals surface area contributed by atoms with Crippen molar-refractivity contribution in [2.24, 2.45) is 0 Å². The highest BCUT2D eigenvalue weighted by Crippen LogP contribution is 2.32. The van der Waals surface area contributed by atoms with Gasteiger partial charge in [-0.15, -0.1) is 11.3 Å². The highest BCUT2D eigenvalue weighted by Gasteiger charge is 2.11. The number of thiophene rings is 1. The van der Waals surface area contributed by atoms with Crippen molar-refractivity contribution in [1.29, 1.82) is 0 Å². The molecule has 0 unspecified atom stereocenters. The molecule has 0 saturated heterocycles. The van der Waals surface area contributed by atoms with Crippen molar-refractivity contribution in [2.45, 2.75) is 0 Å². The van der Waals surface area contributed by atoms with E-state index in [-0.39, 0.29) is 5.95 Å². The average Bonchev–Trinajstić information content (AvgIpc) is 2.58. The van der Waals surface area contributed by atoms with Crippen LogP contribution in [-0.2, 0) is 0 Å². The molecule has 0 bridgehead atoms. The molecule has 2 aromatic heterocycles. The van der Waals surface area contributed by atoms with Crippen LogP contribution in [0.1, 0.15) is 0 Å². The van der Waals surface area contributed by atoms with Gasteiger partial charge in [0.25, 0.3) is 11.8 Å².